The van der Waals surface area contributed by atoms with Crippen molar-refractivity contribution in [1.29, 1.82) is 0 Å². The van der Waals surface area contributed by atoms with Crippen molar-refractivity contribution in [2.45, 2.75) is 0 Å². The predicted molar refractivity (Wildman–Crippen MR) is 69.0 cm³/mol. The van der Waals surface area contributed by atoms with Crippen LogP contribution in [0, 0.1) is 0 Å². The fourth-order valence-corrected chi connectivity index (χ4v) is 1.55. The van der Waals surface area contributed by atoms with Gasteiger partial charge in [-0.15, -0.1) is 0 Å². The number of hydrogen-bond acceptors (Lipinski definition) is 5. The minimum atomic E-state index is -0.210. The topological polar surface area (TPSA) is 65.0 Å². The van der Waals surface area contributed by atoms with Gasteiger partial charge >= 0.3 is 0 Å². The van der Waals surface area contributed by atoms with Crippen molar-refractivity contribution in [2.24, 2.45) is 0 Å². The monoisotopic (exact) mass is 259 g/mol. The molecule has 0 aliphatic rings. The van der Waals surface area contributed by atoms with Crippen LogP contribution in [-0.2, 0) is 4.57 Å². The van der Waals surface area contributed by atoms with Gasteiger partial charge < -0.3 is 4.74 Å². The van der Waals surface area contributed by atoms with Crippen molar-refractivity contribution < 1.29 is 9.30 Å². The summed E-state index contributed by atoms with van der Waals surface area (Å²) in [5, 5.41) is 0. The first-order valence-electron chi connectivity index (χ1n) is 5.16. The second-order valence-electron chi connectivity index (χ2n) is 3.34. The van der Waals surface area contributed by atoms with Crippen molar-refractivity contribution in [3.05, 3.63) is 42.0 Å². The molecule has 90 valence electrons. The summed E-state index contributed by atoms with van der Waals surface area (Å²) < 4.78 is 15.7. The molecule has 0 atom stereocenters. The third-order valence-corrected chi connectivity index (χ3v) is 2.58. The van der Waals surface area contributed by atoms with Gasteiger partial charge in [-0.2, -0.15) is 0 Å². The van der Waals surface area contributed by atoms with E-state index in [2.05, 4.69) is 15.0 Å². The third-order valence-electron chi connectivity index (χ3n) is 2.20. The SMILES string of the molecule is COc1ccc(C=Cc2ncnc(P=O)n2)cc1. The van der Waals surface area contributed by atoms with Gasteiger partial charge in [0.15, 0.2) is 5.82 Å². The molecule has 0 spiro atoms. The number of ether oxygens (including phenoxy) is 1. The minimum absolute atomic E-state index is 0.210. The number of benzene rings is 1. The zero-order valence-corrected chi connectivity index (χ0v) is 10.5. The fraction of sp³-hybridized carbons (Fsp3) is 0.0833. The molecule has 6 heteroatoms. The van der Waals surface area contributed by atoms with Gasteiger partial charge in [0.25, 0.3) is 0 Å². The number of nitrogens with zero attached hydrogens (tertiary/aromatic N) is 3. The summed E-state index contributed by atoms with van der Waals surface area (Å²) in [7, 11) is 1.41. The molecule has 0 amide bonds. The highest BCUT2D eigenvalue weighted by Crippen LogP contribution is 2.12. The lowest BCUT2D eigenvalue weighted by Gasteiger charge is -1.98. The van der Waals surface area contributed by atoms with Crippen molar-refractivity contribution in [3.63, 3.8) is 0 Å². The lowest BCUT2D eigenvalue weighted by atomic mass is 10.2. The second-order valence-corrected chi connectivity index (χ2v) is 3.92. The van der Waals surface area contributed by atoms with E-state index >= 15 is 0 Å². The van der Waals surface area contributed by atoms with E-state index in [4.69, 9.17) is 4.74 Å². The third kappa shape index (κ3) is 3.18. The lowest BCUT2D eigenvalue weighted by molar-refractivity contribution is 0.415. The number of aromatic nitrogens is 3. The molecule has 0 N–H and O–H groups in total. The quantitative estimate of drug-likeness (QED) is 0.785. The predicted octanol–water partition coefficient (Wildman–Crippen LogP) is 1.97. The van der Waals surface area contributed by atoms with Crippen LogP contribution >= 0.6 is 8.46 Å². The Bertz CT molecular complexity index is 570. The normalized spacial score (nSPS) is 10.9. The zero-order chi connectivity index (χ0) is 12.8. The van der Waals surface area contributed by atoms with Crippen LogP contribution in [0.3, 0.4) is 0 Å². The van der Waals surface area contributed by atoms with E-state index in [0.717, 1.165) is 11.3 Å². The van der Waals surface area contributed by atoms with Crippen molar-refractivity contribution in [2.75, 3.05) is 7.11 Å². The molecular weight excluding hydrogens is 249 g/mol. The largest absolute Gasteiger partial charge is 0.497 e. The van der Waals surface area contributed by atoms with Gasteiger partial charge in [0, 0.05) is 0 Å². The first kappa shape index (κ1) is 12.3. The molecule has 1 aromatic heterocycles. The van der Waals surface area contributed by atoms with Crippen LogP contribution in [-0.4, -0.2) is 22.1 Å². The second kappa shape index (κ2) is 5.98. The molecular formula is C12H10N3O2P. The molecule has 2 rings (SSSR count). The smallest absolute Gasteiger partial charge is 0.234 e. The average molecular weight is 259 g/mol. The maximum Gasteiger partial charge on any atom is 0.234 e. The maximum atomic E-state index is 10.6. The highest BCUT2D eigenvalue weighted by Gasteiger charge is 1.96. The molecule has 1 heterocycles. The summed E-state index contributed by atoms with van der Waals surface area (Å²) in [5.41, 5.74) is 1.22. The van der Waals surface area contributed by atoms with E-state index < -0.39 is 0 Å². The Kier molecular flexibility index (Phi) is 4.10. The molecule has 0 unspecified atom stereocenters. The molecule has 0 fully saturated rings. The van der Waals surface area contributed by atoms with E-state index in [1.165, 1.54) is 6.33 Å². The van der Waals surface area contributed by atoms with Crippen LogP contribution in [0.15, 0.2) is 30.6 Å². The summed E-state index contributed by atoms with van der Waals surface area (Å²) in [6.45, 7) is 0. The van der Waals surface area contributed by atoms with Crippen LogP contribution in [0.4, 0.5) is 0 Å². The molecule has 2 aromatic rings. The first-order valence-corrected chi connectivity index (χ1v) is 5.97. The summed E-state index contributed by atoms with van der Waals surface area (Å²) in [6.07, 6.45) is 4.93. The Labute approximate surface area is 106 Å². The fourth-order valence-electron chi connectivity index (χ4n) is 1.31. The van der Waals surface area contributed by atoms with Crippen molar-refractivity contribution >= 4 is 26.2 Å². The molecule has 1 aromatic carbocycles. The highest BCUT2D eigenvalue weighted by atomic mass is 31.1. The average Bonchev–Trinajstić information content (AvgIpc) is 2.46. The van der Waals surface area contributed by atoms with E-state index in [1.54, 1.807) is 13.2 Å². The summed E-state index contributed by atoms with van der Waals surface area (Å²) in [4.78, 5) is 11.7. The van der Waals surface area contributed by atoms with Gasteiger partial charge in [0.1, 0.15) is 12.1 Å². The van der Waals surface area contributed by atoms with Crippen molar-refractivity contribution in [1.82, 2.24) is 15.0 Å². The van der Waals surface area contributed by atoms with Crippen LogP contribution in [0.25, 0.3) is 12.2 Å². The van der Waals surface area contributed by atoms with Crippen LogP contribution in [0.1, 0.15) is 11.4 Å². The van der Waals surface area contributed by atoms with E-state index in [1.807, 2.05) is 30.3 Å². The van der Waals surface area contributed by atoms with E-state index in [-0.39, 0.29) is 14.0 Å². The molecule has 5 nitrogen and oxygen atoms in total. The van der Waals surface area contributed by atoms with Gasteiger partial charge in [-0.1, -0.05) is 18.2 Å². The first-order chi connectivity index (χ1) is 8.81. The molecule has 0 aliphatic heterocycles. The van der Waals surface area contributed by atoms with E-state index in [0.29, 0.717) is 5.82 Å². The Balaban J connectivity index is 2.15. The Morgan fingerprint density at radius 3 is 2.61 bits per heavy atom. The van der Waals surface area contributed by atoms with Gasteiger partial charge in [0.05, 0.1) is 7.11 Å². The lowest BCUT2D eigenvalue weighted by Crippen LogP contribution is -2.06. The van der Waals surface area contributed by atoms with Gasteiger partial charge in [-0.3, -0.25) is 4.57 Å². The number of hydrogen-bond donors (Lipinski definition) is 0. The minimum Gasteiger partial charge on any atom is -0.497 e. The van der Waals surface area contributed by atoms with Crippen LogP contribution in [0.2, 0.25) is 0 Å². The van der Waals surface area contributed by atoms with Crippen LogP contribution in [0.5, 0.6) is 5.75 Å². The molecule has 0 aliphatic carbocycles. The van der Waals surface area contributed by atoms with Gasteiger partial charge in [0.2, 0.25) is 14.0 Å². The Hall–Kier alpha value is -2.13. The summed E-state index contributed by atoms with van der Waals surface area (Å²) in [5.74, 6) is 1.28. The molecule has 0 radical (unpaired) electrons. The maximum absolute atomic E-state index is 10.6. The standard InChI is InChI=1S/C12H10N3O2P/c1-17-10-5-2-9(3-6-10)4-7-11-13-8-14-12(15-11)18-16/h2-8H,1H3. The number of rotatable bonds is 4. The van der Waals surface area contributed by atoms with Crippen LogP contribution < -0.4 is 10.3 Å². The molecule has 0 saturated carbocycles. The zero-order valence-electron chi connectivity index (χ0n) is 9.65. The van der Waals surface area contributed by atoms with E-state index in [9.17, 15) is 4.57 Å². The summed E-state index contributed by atoms with van der Waals surface area (Å²) >= 11 is 0. The highest BCUT2D eigenvalue weighted by molar-refractivity contribution is 7.33. The van der Waals surface area contributed by atoms with Gasteiger partial charge in [-0.05, 0) is 23.8 Å². The van der Waals surface area contributed by atoms with Crippen molar-refractivity contribution in [3.8, 4) is 5.75 Å². The molecule has 0 saturated heterocycles. The molecule has 18 heavy (non-hydrogen) atoms. The molecule has 0 bridgehead atoms. The summed E-state index contributed by atoms with van der Waals surface area (Å²) in [6, 6.07) is 7.58. The number of methoxy groups -OCH3 is 1. The van der Waals surface area contributed by atoms with Gasteiger partial charge in [-0.25, -0.2) is 15.0 Å². The Morgan fingerprint density at radius 2 is 1.94 bits per heavy atom. The Morgan fingerprint density at radius 1 is 1.17 bits per heavy atom.